The van der Waals surface area contributed by atoms with Crippen LogP contribution in [0.4, 0.5) is 8.78 Å². The molecule has 1 rings (SSSR count). The second-order valence-corrected chi connectivity index (χ2v) is 6.48. The minimum absolute atomic E-state index is 0.205. The number of piperidine rings is 1. The first kappa shape index (κ1) is 14.8. The number of hydrogen-bond donors (Lipinski definition) is 1. The summed E-state index contributed by atoms with van der Waals surface area (Å²) < 4.78 is 49.0. The molecule has 17 heavy (non-hydrogen) atoms. The van der Waals surface area contributed by atoms with E-state index < -0.39 is 15.8 Å². The van der Waals surface area contributed by atoms with Gasteiger partial charge in [-0.2, -0.15) is 13.1 Å². The maximum Gasteiger partial charge on any atom is 0.350 e. The van der Waals surface area contributed by atoms with Gasteiger partial charge in [-0.25, -0.2) is 8.42 Å². The van der Waals surface area contributed by atoms with Gasteiger partial charge in [-0.1, -0.05) is 20.3 Å². The van der Waals surface area contributed by atoms with Crippen molar-refractivity contribution in [1.29, 1.82) is 0 Å². The van der Waals surface area contributed by atoms with E-state index in [0.29, 0.717) is 19.4 Å². The number of rotatable bonds is 5. The molecule has 0 radical (unpaired) electrons. The molecule has 0 aromatic rings. The first-order valence-corrected chi connectivity index (χ1v) is 7.38. The van der Waals surface area contributed by atoms with E-state index in [4.69, 9.17) is 0 Å². The number of hydrogen-bond acceptors (Lipinski definition) is 3. The second-order valence-electron chi connectivity index (χ2n) is 4.63. The SMILES string of the molecule is CC(C)NCC1CCCCN1S(=O)(=O)C(F)F. The number of sulfonamides is 1. The Labute approximate surface area is 101 Å². The van der Waals surface area contributed by atoms with Crippen molar-refractivity contribution in [2.24, 2.45) is 0 Å². The molecule has 1 aliphatic rings. The largest absolute Gasteiger partial charge is 0.350 e. The quantitative estimate of drug-likeness (QED) is 0.821. The molecule has 1 heterocycles. The van der Waals surface area contributed by atoms with Crippen LogP contribution < -0.4 is 5.32 Å². The minimum atomic E-state index is -4.44. The molecule has 0 aromatic heterocycles. The van der Waals surface area contributed by atoms with E-state index in [0.717, 1.165) is 10.7 Å². The highest BCUT2D eigenvalue weighted by atomic mass is 32.2. The van der Waals surface area contributed by atoms with Crippen molar-refractivity contribution in [2.75, 3.05) is 13.1 Å². The molecule has 4 nitrogen and oxygen atoms in total. The van der Waals surface area contributed by atoms with Gasteiger partial charge in [0.15, 0.2) is 0 Å². The van der Waals surface area contributed by atoms with Crippen LogP contribution in [-0.4, -0.2) is 43.7 Å². The zero-order chi connectivity index (χ0) is 13.1. The molecule has 0 aliphatic carbocycles. The van der Waals surface area contributed by atoms with Crippen LogP contribution in [0, 0.1) is 0 Å². The molecule has 0 aromatic carbocycles. The van der Waals surface area contributed by atoms with Gasteiger partial charge in [0.25, 0.3) is 10.0 Å². The van der Waals surface area contributed by atoms with Crippen LogP contribution in [0.15, 0.2) is 0 Å². The van der Waals surface area contributed by atoms with E-state index >= 15 is 0 Å². The summed E-state index contributed by atoms with van der Waals surface area (Å²) in [6.07, 6.45) is 2.19. The lowest BCUT2D eigenvalue weighted by atomic mass is 10.0. The van der Waals surface area contributed by atoms with E-state index in [9.17, 15) is 17.2 Å². The molecule has 1 atom stereocenters. The Hall–Kier alpha value is -0.270. The molecule has 1 N–H and O–H groups in total. The fourth-order valence-corrected chi connectivity index (χ4v) is 3.17. The Balaban J connectivity index is 2.72. The molecule has 1 unspecified atom stereocenters. The van der Waals surface area contributed by atoms with Crippen LogP contribution >= 0.6 is 0 Å². The van der Waals surface area contributed by atoms with Crippen molar-refractivity contribution in [2.45, 2.75) is 51.0 Å². The number of nitrogens with zero attached hydrogens (tertiary/aromatic N) is 1. The summed E-state index contributed by atoms with van der Waals surface area (Å²) in [6.45, 7) is 4.52. The lowest BCUT2D eigenvalue weighted by molar-refractivity contribution is 0.189. The number of alkyl halides is 2. The van der Waals surface area contributed by atoms with Crippen molar-refractivity contribution >= 4 is 10.0 Å². The van der Waals surface area contributed by atoms with Crippen LogP contribution in [0.2, 0.25) is 0 Å². The Morgan fingerprint density at radius 3 is 2.53 bits per heavy atom. The minimum Gasteiger partial charge on any atom is -0.313 e. The normalized spacial score (nSPS) is 23.5. The second kappa shape index (κ2) is 6.06. The average Bonchev–Trinajstić information content (AvgIpc) is 2.26. The summed E-state index contributed by atoms with van der Waals surface area (Å²) in [4.78, 5) is 0. The van der Waals surface area contributed by atoms with E-state index in [1.165, 1.54) is 0 Å². The van der Waals surface area contributed by atoms with Crippen LogP contribution in [0.5, 0.6) is 0 Å². The predicted molar refractivity (Wildman–Crippen MR) is 62.4 cm³/mol. The zero-order valence-electron chi connectivity index (χ0n) is 10.2. The van der Waals surface area contributed by atoms with E-state index in [1.54, 1.807) is 0 Å². The van der Waals surface area contributed by atoms with Crippen LogP contribution in [0.1, 0.15) is 33.1 Å². The van der Waals surface area contributed by atoms with Crippen molar-refractivity contribution in [1.82, 2.24) is 9.62 Å². The third-order valence-electron chi connectivity index (χ3n) is 2.89. The number of halogens is 2. The van der Waals surface area contributed by atoms with Crippen molar-refractivity contribution in [3.8, 4) is 0 Å². The molecular formula is C10H20F2N2O2S. The fourth-order valence-electron chi connectivity index (χ4n) is 1.99. The van der Waals surface area contributed by atoms with Gasteiger partial charge in [0.1, 0.15) is 0 Å². The fraction of sp³-hybridized carbons (Fsp3) is 1.00. The predicted octanol–water partition coefficient (Wildman–Crippen LogP) is 1.39. The molecule has 7 heteroatoms. The molecule has 0 amide bonds. The van der Waals surface area contributed by atoms with E-state index in [1.807, 2.05) is 13.8 Å². The molecule has 0 bridgehead atoms. The first-order valence-electron chi connectivity index (χ1n) is 5.88. The standard InChI is InChI=1S/C10H20F2N2O2S/c1-8(2)13-7-9-5-3-4-6-14(9)17(15,16)10(11)12/h8-10,13H,3-7H2,1-2H3. The molecule has 1 fully saturated rings. The molecule has 1 saturated heterocycles. The van der Waals surface area contributed by atoms with Crippen molar-refractivity contribution in [3.05, 3.63) is 0 Å². The highest BCUT2D eigenvalue weighted by molar-refractivity contribution is 7.89. The summed E-state index contributed by atoms with van der Waals surface area (Å²) in [5.41, 5.74) is 0. The van der Waals surface area contributed by atoms with Gasteiger partial charge in [-0.05, 0) is 12.8 Å². The smallest absolute Gasteiger partial charge is 0.313 e. The third kappa shape index (κ3) is 3.86. The molecule has 102 valence electrons. The molecule has 0 spiro atoms. The summed E-state index contributed by atoms with van der Waals surface area (Å²) in [5.74, 6) is -3.32. The van der Waals surface area contributed by atoms with Gasteiger partial charge >= 0.3 is 5.76 Å². The van der Waals surface area contributed by atoms with Crippen LogP contribution in [0.25, 0.3) is 0 Å². The molecule has 1 aliphatic heterocycles. The highest BCUT2D eigenvalue weighted by Gasteiger charge is 2.38. The van der Waals surface area contributed by atoms with Gasteiger partial charge < -0.3 is 5.32 Å². The summed E-state index contributed by atoms with van der Waals surface area (Å²) >= 11 is 0. The van der Waals surface area contributed by atoms with Crippen molar-refractivity contribution in [3.63, 3.8) is 0 Å². The summed E-state index contributed by atoms with van der Waals surface area (Å²) in [6, 6.07) is -0.127. The molecule has 0 saturated carbocycles. The summed E-state index contributed by atoms with van der Waals surface area (Å²) in [5, 5.41) is 3.11. The lowest BCUT2D eigenvalue weighted by Gasteiger charge is -2.34. The summed E-state index contributed by atoms with van der Waals surface area (Å²) in [7, 11) is -4.44. The Morgan fingerprint density at radius 2 is 2.00 bits per heavy atom. The maximum absolute atomic E-state index is 12.5. The highest BCUT2D eigenvalue weighted by Crippen LogP contribution is 2.23. The zero-order valence-corrected chi connectivity index (χ0v) is 11.0. The lowest BCUT2D eigenvalue weighted by Crippen LogP contribution is -2.50. The monoisotopic (exact) mass is 270 g/mol. The van der Waals surface area contributed by atoms with E-state index in [2.05, 4.69) is 5.32 Å². The van der Waals surface area contributed by atoms with Crippen molar-refractivity contribution < 1.29 is 17.2 Å². The maximum atomic E-state index is 12.5. The first-order chi connectivity index (χ1) is 7.85. The number of nitrogens with one attached hydrogen (secondary N) is 1. The van der Waals surface area contributed by atoms with Gasteiger partial charge in [0.05, 0.1) is 0 Å². The van der Waals surface area contributed by atoms with Gasteiger partial charge in [-0.15, -0.1) is 0 Å². The Kier molecular flexibility index (Phi) is 5.27. The Bertz CT molecular complexity index is 333. The average molecular weight is 270 g/mol. The van der Waals surface area contributed by atoms with Crippen LogP contribution in [-0.2, 0) is 10.0 Å². The van der Waals surface area contributed by atoms with Gasteiger partial charge in [-0.3, -0.25) is 0 Å². The third-order valence-corrected chi connectivity index (χ3v) is 4.47. The molecular weight excluding hydrogens is 250 g/mol. The van der Waals surface area contributed by atoms with E-state index in [-0.39, 0.29) is 18.6 Å². The Morgan fingerprint density at radius 1 is 1.35 bits per heavy atom. The van der Waals surface area contributed by atoms with Crippen LogP contribution in [0.3, 0.4) is 0 Å². The van der Waals surface area contributed by atoms with Gasteiger partial charge in [0.2, 0.25) is 0 Å². The van der Waals surface area contributed by atoms with Gasteiger partial charge in [0, 0.05) is 25.2 Å². The topological polar surface area (TPSA) is 49.4 Å².